The molecule has 1 amide bonds. The Balaban J connectivity index is 2.12. The van der Waals surface area contributed by atoms with Crippen molar-refractivity contribution in [3.8, 4) is 0 Å². The summed E-state index contributed by atoms with van der Waals surface area (Å²) in [6, 6.07) is 12.3. The highest BCUT2D eigenvalue weighted by molar-refractivity contribution is 7.16. The minimum atomic E-state index is -0.171. The lowest BCUT2D eigenvalue weighted by molar-refractivity contribution is 0.0997. The number of aromatic nitrogens is 1. The highest BCUT2D eigenvalue weighted by Gasteiger charge is 2.10. The first-order chi connectivity index (χ1) is 12.0. The van der Waals surface area contributed by atoms with E-state index in [1.165, 1.54) is 15.8 Å². The van der Waals surface area contributed by atoms with Crippen LogP contribution in [0.5, 0.6) is 0 Å². The van der Waals surface area contributed by atoms with Gasteiger partial charge < -0.3 is 4.57 Å². The Bertz CT molecular complexity index is 995. The summed E-state index contributed by atoms with van der Waals surface area (Å²) in [6.07, 6.45) is 2.02. The Hall–Kier alpha value is -2.20. The van der Waals surface area contributed by atoms with Crippen molar-refractivity contribution in [2.75, 3.05) is 0 Å². The SMILES string of the molecule is CCCn1c(=NC(=O)c2ccc(C)c(C)c2)sc2cc(CC)ccc21. The van der Waals surface area contributed by atoms with Crippen molar-refractivity contribution in [3.63, 3.8) is 0 Å². The van der Waals surface area contributed by atoms with Crippen LogP contribution in [0.25, 0.3) is 10.2 Å². The molecule has 0 aliphatic carbocycles. The van der Waals surface area contributed by atoms with E-state index < -0.39 is 0 Å². The highest BCUT2D eigenvalue weighted by Crippen LogP contribution is 2.20. The predicted molar refractivity (Wildman–Crippen MR) is 105 cm³/mol. The average Bonchev–Trinajstić information content (AvgIpc) is 2.94. The Labute approximate surface area is 152 Å². The number of carbonyl (C=O) groups excluding carboxylic acids is 1. The van der Waals surface area contributed by atoms with Crippen molar-refractivity contribution in [2.45, 2.75) is 47.1 Å². The number of fused-ring (bicyclic) bond motifs is 1. The molecule has 25 heavy (non-hydrogen) atoms. The highest BCUT2D eigenvalue weighted by atomic mass is 32.1. The Morgan fingerprint density at radius 1 is 1.08 bits per heavy atom. The van der Waals surface area contributed by atoms with Crippen LogP contribution in [-0.4, -0.2) is 10.5 Å². The maximum atomic E-state index is 12.7. The molecule has 0 bridgehead atoms. The number of amides is 1. The maximum absolute atomic E-state index is 12.7. The number of benzene rings is 2. The van der Waals surface area contributed by atoms with Gasteiger partial charge in [-0.05, 0) is 67.6 Å². The number of thiazole rings is 1. The molecular weight excluding hydrogens is 328 g/mol. The first-order valence-corrected chi connectivity index (χ1v) is 9.63. The summed E-state index contributed by atoms with van der Waals surface area (Å²) in [5.74, 6) is -0.171. The van der Waals surface area contributed by atoms with Crippen molar-refractivity contribution in [1.29, 1.82) is 0 Å². The minimum absolute atomic E-state index is 0.171. The van der Waals surface area contributed by atoms with Crippen LogP contribution in [0, 0.1) is 13.8 Å². The van der Waals surface area contributed by atoms with Crippen LogP contribution >= 0.6 is 11.3 Å². The first kappa shape index (κ1) is 17.6. The van der Waals surface area contributed by atoms with Gasteiger partial charge in [-0.1, -0.05) is 37.3 Å². The van der Waals surface area contributed by atoms with E-state index in [1.807, 2.05) is 32.0 Å². The number of hydrogen-bond donors (Lipinski definition) is 0. The minimum Gasteiger partial charge on any atom is -0.316 e. The Morgan fingerprint density at radius 2 is 1.88 bits per heavy atom. The third kappa shape index (κ3) is 3.59. The molecule has 4 heteroatoms. The second-order valence-corrected chi connectivity index (χ2v) is 7.42. The largest absolute Gasteiger partial charge is 0.316 e. The molecule has 0 N–H and O–H groups in total. The van der Waals surface area contributed by atoms with Crippen LogP contribution in [0.1, 0.15) is 47.3 Å². The summed E-state index contributed by atoms with van der Waals surface area (Å²) in [7, 11) is 0. The van der Waals surface area contributed by atoms with E-state index in [0.717, 1.165) is 35.3 Å². The summed E-state index contributed by atoms with van der Waals surface area (Å²) in [5, 5.41) is 0. The van der Waals surface area contributed by atoms with Crippen molar-refractivity contribution in [2.24, 2.45) is 4.99 Å². The van der Waals surface area contributed by atoms with Gasteiger partial charge in [-0.25, -0.2) is 0 Å². The van der Waals surface area contributed by atoms with E-state index in [0.29, 0.717) is 5.56 Å². The van der Waals surface area contributed by atoms with Crippen molar-refractivity contribution in [3.05, 3.63) is 63.5 Å². The monoisotopic (exact) mass is 352 g/mol. The molecule has 0 spiro atoms. The molecule has 1 aromatic heterocycles. The lowest BCUT2D eigenvalue weighted by atomic mass is 10.1. The number of rotatable bonds is 4. The van der Waals surface area contributed by atoms with Crippen LogP contribution in [0.15, 0.2) is 41.4 Å². The second-order valence-electron chi connectivity index (χ2n) is 6.41. The summed E-state index contributed by atoms with van der Waals surface area (Å²) in [5.41, 5.74) is 5.43. The van der Waals surface area contributed by atoms with Gasteiger partial charge in [0.25, 0.3) is 5.91 Å². The van der Waals surface area contributed by atoms with E-state index >= 15 is 0 Å². The molecule has 3 nitrogen and oxygen atoms in total. The van der Waals surface area contributed by atoms with E-state index in [9.17, 15) is 4.79 Å². The molecule has 0 radical (unpaired) electrons. The van der Waals surface area contributed by atoms with Crippen molar-refractivity contribution >= 4 is 27.5 Å². The normalized spacial score (nSPS) is 12.1. The first-order valence-electron chi connectivity index (χ1n) is 8.82. The molecule has 3 aromatic rings. The molecule has 0 aliphatic heterocycles. The Morgan fingerprint density at radius 3 is 2.56 bits per heavy atom. The number of carbonyl (C=O) groups is 1. The fourth-order valence-corrected chi connectivity index (χ4v) is 4.01. The maximum Gasteiger partial charge on any atom is 0.279 e. The molecule has 1 heterocycles. The van der Waals surface area contributed by atoms with Gasteiger partial charge >= 0.3 is 0 Å². The summed E-state index contributed by atoms with van der Waals surface area (Å²) >= 11 is 1.60. The summed E-state index contributed by atoms with van der Waals surface area (Å²) < 4.78 is 3.36. The van der Waals surface area contributed by atoms with Gasteiger partial charge in [-0.15, -0.1) is 0 Å². The van der Waals surface area contributed by atoms with Gasteiger partial charge in [0, 0.05) is 12.1 Å². The number of hydrogen-bond acceptors (Lipinski definition) is 2. The molecule has 0 saturated carbocycles. The van der Waals surface area contributed by atoms with Gasteiger partial charge in [-0.2, -0.15) is 4.99 Å². The van der Waals surface area contributed by atoms with E-state index in [-0.39, 0.29) is 5.91 Å². The number of aryl methyl sites for hydroxylation is 4. The van der Waals surface area contributed by atoms with Gasteiger partial charge in [0.05, 0.1) is 10.2 Å². The standard InChI is InChI=1S/C21H24N2OS/c1-5-11-23-18-10-8-16(6-2)13-19(18)25-21(23)22-20(24)17-9-7-14(3)15(4)12-17/h7-10,12-13H,5-6,11H2,1-4H3. The molecule has 130 valence electrons. The lowest BCUT2D eigenvalue weighted by Gasteiger charge is -2.04. The molecular formula is C21H24N2OS. The molecule has 0 atom stereocenters. The van der Waals surface area contributed by atoms with Gasteiger partial charge in [-0.3, -0.25) is 4.79 Å². The third-order valence-corrected chi connectivity index (χ3v) is 5.59. The van der Waals surface area contributed by atoms with E-state index in [4.69, 9.17) is 0 Å². The zero-order valence-electron chi connectivity index (χ0n) is 15.3. The van der Waals surface area contributed by atoms with Crippen LogP contribution in [0.3, 0.4) is 0 Å². The predicted octanol–water partition coefficient (Wildman–Crippen LogP) is 5.03. The average molecular weight is 353 g/mol. The fraction of sp³-hybridized carbons (Fsp3) is 0.333. The molecule has 0 fully saturated rings. The van der Waals surface area contributed by atoms with Gasteiger partial charge in [0.1, 0.15) is 0 Å². The lowest BCUT2D eigenvalue weighted by Crippen LogP contribution is -2.16. The van der Waals surface area contributed by atoms with Crippen LogP contribution in [0.4, 0.5) is 0 Å². The molecule has 3 rings (SSSR count). The third-order valence-electron chi connectivity index (χ3n) is 4.55. The van der Waals surface area contributed by atoms with Crippen molar-refractivity contribution < 1.29 is 4.79 Å². The summed E-state index contributed by atoms with van der Waals surface area (Å²) in [4.78, 5) is 17.9. The summed E-state index contributed by atoms with van der Waals surface area (Å²) in [6.45, 7) is 9.24. The number of nitrogens with zero attached hydrogens (tertiary/aromatic N) is 2. The molecule has 2 aromatic carbocycles. The van der Waals surface area contributed by atoms with E-state index in [2.05, 4.69) is 41.6 Å². The van der Waals surface area contributed by atoms with Crippen LogP contribution in [-0.2, 0) is 13.0 Å². The van der Waals surface area contributed by atoms with Crippen LogP contribution in [0.2, 0.25) is 0 Å². The van der Waals surface area contributed by atoms with Gasteiger partial charge in [0.2, 0.25) is 0 Å². The second kappa shape index (κ2) is 7.36. The zero-order valence-corrected chi connectivity index (χ0v) is 16.1. The quantitative estimate of drug-likeness (QED) is 0.648. The van der Waals surface area contributed by atoms with Gasteiger partial charge in [0.15, 0.2) is 4.80 Å². The molecule has 0 unspecified atom stereocenters. The van der Waals surface area contributed by atoms with Crippen LogP contribution < -0.4 is 4.80 Å². The smallest absolute Gasteiger partial charge is 0.279 e. The zero-order chi connectivity index (χ0) is 18.0. The fourth-order valence-electron chi connectivity index (χ4n) is 2.89. The topological polar surface area (TPSA) is 34.4 Å². The van der Waals surface area contributed by atoms with Crippen molar-refractivity contribution in [1.82, 2.24) is 4.57 Å². The Kier molecular flexibility index (Phi) is 5.19. The van der Waals surface area contributed by atoms with E-state index in [1.54, 1.807) is 11.3 Å². The molecule has 0 saturated heterocycles. The molecule has 0 aliphatic rings.